The number of halogens is 7. The van der Waals surface area contributed by atoms with Gasteiger partial charge in [-0.2, -0.15) is 13.2 Å². The Bertz CT molecular complexity index is 2970. The summed E-state index contributed by atoms with van der Waals surface area (Å²) in [7, 11) is 0. The number of piperidine rings is 2. The van der Waals surface area contributed by atoms with Crippen LogP contribution in [-0.4, -0.2) is 88.0 Å². The average molecular weight is 1020 g/mol. The van der Waals surface area contributed by atoms with E-state index in [-0.39, 0.29) is 28.0 Å². The first-order valence-corrected chi connectivity index (χ1v) is 24.6. The van der Waals surface area contributed by atoms with Crippen molar-refractivity contribution in [3.8, 4) is 5.75 Å². The van der Waals surface area contributed by atoms with Crippen molar-refractivity contribution < 1.29 is 50.6 Å². The van der Waals surface area contributed by atoms with Crippen molar-refractivity contribution in [2.45, 2.75) is 83.2 Å². The molecule has 0 radical (unpaired) electrons. The van der Waals surface area contributed by atoms with Crippen LogP contribution >= 0.6 is 11.6 Å². The van der Waals surface area contributed by atoms with Crippen molar-refractivity contribution in [2.75, 3.05) is 39.3 Å². The first-order valence-electron chi connectivity index (χ1n) is 24.2. The number of aromatic nitrogens is 2. The number of ketones is 2. The minimum absolute atomic E-state index is 0.158. The minimum atomic E-state index is -4.80. The summed E-state index contributed by atoms with van der Waals surface area (Å²) >= 11 is 5.53. The second-order valence-corrected chi connectivity index (χ2v) is 18.6. The van der Waals surface area contributed by atoms with E-state index in [0.717, 1.165) is 111 Å². The molecule has 5 aromatic carbocycles. The summed E-state index contributed by atoms with van der Waals surface area (Å²) in [6.45, 7) is 10.9. The first kappa shape index (κ1) is 53.4. The minimum Gasteiger partial charge on any atom is -0.478 e. The standard InChI is InChI=1S/C25H27F3N2O.C24H25F3N2O2.C7H5ClO2/c1-2-3-12-30-13-10-17(11-14-30)21-16-29-23-9-8-18(15-20(21)23)24(31)19-6-4-5-7-22(19)25(26,27)28;1-2-10-29-11-8-16(9-12-29)21-15-28-22-7-6-18(14-20(21)22)23(30)17-4-3-5-19(13-17)31-24(25,26)27;8-6-3-1-2-5(4-6)7(9)10/h4-9,15-17,29H,2-3,10-14H2,1H3;3-7,13-16,28H,2,8-12H2,1H3;1-4H,(H,9,10). The highest BCUT2D eigenvalue weighted by Gasteiger charge is 2.35. The van der Waals surface area contributed by atoms with Crippen LogP contribution in [0.2, 0.25) is 5.02 Å². The van der Waals surface area contributed by atoms with E-state index >= 15 is 0 Å². The number of unbranched alkanes of at least 4 members (excludes halogenated alkanes) is 1. The quantitative estimate of drug-likeness (QED) is 0.0777. The summed E-state index contributed by atoms with van der Waals surface area (Å²) in [5, 5.41) is 10.8. The van der Waals surface area contributed by atoms with Gasteiger partial charge in [-0.05, 0) is 174 Å². The number of benzene rings is 5. The van der Waals surface area contributed by atoms with Gasteiger partial charge in [0.15, 0.2) is 11.6 Å². The SMILES string of the molecule is CCCCN1CCC(c2c[nH]c3ccc(C(=O)c4ccccc4C(F)(F)F)cc23)CC1.CCCN1CCC(c2c[nH]c3ccc(C(=O)c4cccc(OC(F)(F)F)c4)cc23)CC1.O=C(O)c1cccc(Cl)c1. The molecule has 2 aromatic heterocycles. The Labute approximate surface area is 419 Å². The molecule has 2 aliphatic heterocycles. The Morgan fingerprint density at radius 3 is 1.67 bits per heavy atom. The summed E-state index contributed by atoms with van der Waals surface area (Å²) in [6, 6.07) is 26.9. The number of alkyl halides is 6. The van der Waals surface area contributed by atoms with Crippen LogP contribution in [0.1, 0.15) is 130 Å². The summed E-state index contributed by atoms with van der Waals surface area (Å²) in [6.07, 6.45) is 2.44. The van der Waals surface area contributed by atoms with Crippen molar-refractivity contribution in [3.05, 3.63) is 171 Å². The molecule has 0 aliphatic carbocycles. The zero-order valence-electron chi connectivity index (χ0n) is 40.0. The van der Waals surface area contributed by atoms with Gasteiger partial charge in [-0.15, -0.1) is 13.2 Å². The fraction of sp³-hybridized carbons (Fsp3) is 0.339. The van der Waals surface area contributed by atoms with Crippen molar-refractivity contribution in [2.24, 2.45) is 0 Å². The molecular weight excluding hydrogens is 958 g/mol. The molecule has 0 amide bonds. The number of carboxylic acid groups (broad SMARTS) is 1. The molecule has 7 aromatic rings. The molecule has 0 atom stereocenters. The number of aromatic amines is 2. The fourth-order valence-corrected chi connectivity index (χ4v) is 9.77. The van der Waals surface area contributed by atoms with Crippen LogP contribution in [0.15, 0.2) is 122 Å². The number of fused-ring (bicyclic) bond motifs is 2. The summed E-state index contributed by atoms with van der Waals surface area (Å²) in [5.74, 6) is -1.48. The molecule has 0 bridgehead atoms. The predicted octanol–water partition coefficient (Wildman–Crippen LogP) is 14.3. The van der Waals surface area contributed by atoms with Gasteiger partial charge in [0.05, 0.1) is 11.1 Å². The van der Waals surface area contributed by atoms with E-state index in [1.165, 1.54) is 66.9 Å². The lowest BCUT2D eigenvalue weighted by Gasteiger charge is -2.31. The highest BCUT2D eigenvalue weighted by Crippen LogP contribution is 2.37. The molecule has 3 N–H and O–H groups in total. The van der Waals surface area contributed by atoms with E-state index < -0.39 is 35.6 Å². The average Bonchev–Trinajstić information content (AvgIpc) is 4.00. The highest BCUT2D eigenvalue weighted by molar-refractivity contribution is 6.30. The predicted molar refractivity (Wildman–Crippen MR) is 268 cm³/mol. The number of rotatable bonds is 13. The Balaban J connectivity index is 0.000000177. The number of aromatic carboxylic acids is 1. The molecular formula is C56H57ClF6N4O5. The van der Waals surface area contributed by atoms with Gasteiger partial charge < -0.3 is 29.6 Å². The maximum atomic E-state index is 13.4. The number of H-pyrrole nitrogens is 2. The van der Waals surface area contributed by atoms with Gasteiger partial charge in [-0.1, -0.05) is 68.3 Å². The molecule has 0 unspecified atom stereocenters. The second-order valence-electron chi connectivity index (χ2n) is 18.2. The van der Waals surface area contributed by atoms with Crippen molar-refractivity contribution in [1.82, 2.24) is 19.8 Å². The van der Waals surface area contributed by atoms with E-state index in [0.29, 0.717) is 22.4 Å². The third kappa shape index (κ3) is 13.7. The van der Waals surface area contributed by atoms with E-state index in [2.05, 4.69) is 38.4 Å². The van der Waals surface area contributed by atoms with Gasteiger partial charge >= 0.3 is 18.5 Å². The van der Waals surface area contributed by atoms with Crippen LogP contribution in [-0.2, 0) is 6.18 Å². The Kier molecular flexibility index (Phi) is 17.7. The van der Waals surface area contributed by atoms with E-state index in [1.54, 1.807) is 36.4 Å². The van der Waals surface area contributed by atoms with Gasteiger partial charge in [-0.3, -0.25) is 9.59 Å². The summed E-state index contributed by atoms with van der Waals surface area (Å²) < 4.78 is 81.6. The number of hydrogen-bond acceptors (Lipinski definition) is 6. The van der Waals surface area contributed by atoms with E-state index in [9.17, 15) is 40.7 Å². The van der Waals surface area contributed by atoms with Crippen LogP contribution in [0.3, 0.4) is 0 Å². The number of ether oxygens (including phenoxy) is 1. The Morgan fingerprint density at radius 2 is 1.15 bits per heavy atom. The van der Waals surface area contributed by atoms with Gasteiger partial charge in [0.1, 0.15) is 5.75 Å². The summed E-state index contributed by atoms with van der Waals surface area (Å²) in [5.41, 5.74) is 4.12. The molecule has 380 valence electrons. The van der Waals surface area contributed by atoms with Crippen LogP contribution in [0.25, 0.3) is 21.8 Å². The molecule has 4 heterocycles. The van der Waals surface area contributed by atoms with Gasteiger partial charge in [-0.25, -0.2) is 4.79 Å². The van der Waals surface area contributed by atoms with Crippen LogP contribution < -0.4 is 4.74 Å². The number of nitrogens with zero attached hydrogens (tertiary/aromatic N) is 2. The lowest BCUT2D eigenvalue weighted by molar-refractivity contribution is -0.274. The smallest absolute Gasteiger partial charge is 0.478 e. The number of carbonyl (C=O) groups excluding carboxylic acids is 2. The number of likely N-dealkylation sites (tertiary alicyclic amines) is 2. The van der Waals surface area contributed by atoms with Crippen LogP contribution in [0.5, 0.6) is 5.75 Å². The molecule has 9 nitrogen and oxygen atoms in total. The number of nitrogens with one attached hydrogen (secondary N) is 2. The summed E-state index contributed by atoms with van der Waals surface area (Å²) in [4.78, 5) is 47.8. The number of carboxylic acids is 1. The van der Waals surface area contributed by atoms with E-state index in [4.69, 9.17) is 16.7 Å². The molecule has 16 heteroatoms. The maximum absolute atomic E-state index is 13.4. The molecule has 0 spiro atoms. The second kappa shape index (κ2) is 23.9. The van der Waals surface area contributed by atoms with Gasteiger partial charge in [0.2, 0.25) is 0 Å². The molecule has 0 saturated carbocycles. The van der Waals surface area contributed by atoms with Crippen LogP contribution in [0, 0.1) is 0 Å². The monoisotopic (exact) mass is 1010 g/mol. The van der Waals surface area contributed by atoms with Gasteiger partial charge in [0.25, 0.3) is 0 Å². The number of hydrogen-bond donors (Lipinski definition) is 3. The van der Waals surface area contributed by atoms with Crippen molar-refractivity contribution >= 4 is 50.9 Å². The normalized spacial score (nSPS) is 15.1. The maximum Gasteiger partial charge on any atom is 0.573 e. The van der Waals surface area contributed by atoms with Crippen molar-refractivity contribution in [3.63, 3.8) is 0 Å². The highest BCUT2D eigenvalue weighted by atomic mass is 35.5. The Morgan fingerprint density at radius 1 is 0.625 bits per heavy atom. The lowest BCUT2D eigenvalue weighted by atomic mass is 9.88. The number of carbonyl (C=O) groups is 3. The molecule has 2 fully saturated rings. The van der Waals surface area contributed by atoms with Crippen LogP contribution in [0.4, 0.5) is 26.3 Å². The molecule has 9 rings (SSSR count). The molecule has 2 saturated heterocycles. The molecule has 72 heavy (non-hydrogen) atoms. The largest absolute Gasteiger partial charge is 0.573 e. The van der Waals surface area contributed by atoms with E-state index in [1.807, 2.05) is 24.5 Å². The Hall–Kier alpha value is -6.42. The third-order valence-electron chi connectivity index (χ3n) is 13.3. The lowest BCUT2D eigenvalue weighted by Crippen LogP contribution is -2.33. The fourth-order valence-electron chi connectivity index (χ4n) is 9.58. The third-order valence-corrected chi connectivity index (χ3v) is 13.5. The zero-order chi connectivity index (χ0) is 51.6. The zero-order valence-corrected chi connectivity index (χ0v) is 40.8. The first-order chi connectivity index (χ1) is 34.4. The van der Waals surface area contributed by atoms with Gasteiger partial charge in [0, 0.05) is 61.5 Å². The van der Waals surface area contributed by atoms with Crippen molar-refractivity contribution in [1.29, 1.82) is 0 Å². The molecule has 2 aliphatic rings. The topological polar surface area (TPSA) is 119 Å².